The van der Waals surface area contributed by atoms with E-state index in [1.807, 2.05) is 35.0 Å². The van der Waals surface area contributed by atoms with Gasteiger partial charge in [0.2, 0.25) is 5.91 Å². The predicted molar refractivity (Wildman–Crippen MR) is 92.3 cm³/mol. The Bertz CT molecular complexity index is 583. The molecule has 22 heavy (non-hydrogen) atoms. The molecule has 0 bridgehead atoms. The van der Waals surface area contributed by atoms with Gasteiger partial charge in [0, 0.05) is 36.2 Å². The van der Waals surface area contributed by atoms with Crippen LogP contribution >= 0.6 is 24.8 Å². The molecule has 7 heteroatoms. The van der Waals surface area contributed by atoms with Gasteiger partial charge in [-0.3, -0.25) is 4.79 Å². The molecule has 1 aromatic heterocycles. The summed E-state index contributed by atoms with van der Waals surface area (Å²) in [6.45, 7) is 1.02. The molecule has 0 spiro atoms. The van der Waals surface area contributed by atoms with Crippen LogP contribution in [0.1, 0.15) is 19.3 Å². The van der Waals surface area contributed by atoms with Gasteiger partial charge in [-0.05, 0) is 37.6 Å². The first-order valence-corrected chi connectivity index (χ1v) is 6.93. The molecule has 1 saturated heterocycles. The summed E-state index contributed by atoms with van der Waals surface area (Å²) in [5.41, 5.74) is 1.80. The number of anilines is 1. The lowest BCUT2D eigenvalue weighted by Gasteiger charge is -2.11. The summed E-state index contributed by atoms with van der Waals surface area (Å²) in [7, 11) is 0. The fraction of sp³-hybridized carbons (Fsp3) is 0.333. The highest BCUT2D eigenvalue weighted by Crippen LogP contribution is 2.16. The van der Waals surface area contributed by atoms with Gasteiger partial charge in [-0.2, -0.15) is 0 Å². The van der Waals surface area contributed by atoms with Crippen molar-refractivity contribution in [2.45, 2.75) is 25.3 Å². The van der Waals surface area contributed by atoms with Crippen molar-refractivity contribution in [1.29, 1.82) is 0 Å². The van der Waals surface area contributed by atoms with Crippen LogP contribution in [0.15, 0.2) is 43.0 Å². The van der Waals surface area contributed by atoms with Crippen LogP contribution in [0.4, 0.5) is 5.69 Å². The summed E-state index contributed by atoms with van der Waals surface area (Å²) in [6, 6.07) is 8.09. The van der Waals surface area contributed by atoms with Crippen molar-refractivity contribution in [3.63, 3.8) is 0 Å². The molecule has 1 unspecified atom stereocenters. The second-order valence-corrected chi connectivity index (χ2v) is 5.07. The SMILES string of the molecule is Cl.Cl.O=C(CC1CCCN1)Nc1cccc(-n2ccnc2)c1. The van der Waals surface area contributed by atoms with Crippen molar-refractivity contribution in [2.24, 2.45) is 0 Å². The van der Waals surface area contributed by atoms with E-state index in [1.54, 1.807) is 12.5 Å². The largest absolute Gasteiger partial charge is 0.326 e. The number of carbonyl (C=O) groups excluding carboxylic acids is 1. The monoisotopic (exact) mass is 342 g/mol. The van der Waals surface area contributed by atoms with Crippen LogP contribution in [-0.2, 0) is 4.79 Å². The van der Waals surface area contributed by atoms with E-state index in [-0.39, 0.29) is 30.7 Å². The molecule has 2 N–H and O–H groups in total. The number of nitrogens with zero attached hydrogens (tertiary/aromatic N) is 2. The summed E-state index contributed by atoms with van der Waals surface area (Å²) in [4.78, 5) is 16.0. The third-order valence-corrected chi connectivity index (χ3v) is 3.53. The molecule has 1 amide bonds. The first-order valence-electron chi connectivity index (χ1n) is 6.93. The predicted octanol–water partition coefficient (Wildman–Crippen LogP) is 2.80. The van der Waals surface area contributed by atoms with Gasteiger partial charge in [-0.25, -0.2) is 4.98 Å². The first-order chi connectivity index (χ1) is 9.81. The quantitative estimate of drug-likeness (QED) is 0.898. The van der Waals surface area contributed by atoms with E-state index >= 15 is 0 Å². The normalized spacial score (nSPS) is 16.5. The lowest BCUT2D eigenvalue weighted by atomic mass is 10.1. The molecule has 2 aromatic rings. The van der Waals surface area contributed by atoms with Crippen LogP contribution in [-0.4, -0.2) is 28.0 Å². The number of imidazole rings is 1. The molecule has 120 valence electrons. The molecular formula is C15H20Cl2N4O. The molecule has 1 aliphatic heterocycles. The minimum atomic E-state index is 0. The van der Waals surface area contributed by atoms with Crippen LogP contribution in [0.5, 0.6) is 0 Å². The van der Waals surface area contributed by atoms with Crippen LogP contribution in [0, 0.1) is 0 Å². The molecule has 0 aliphatic carbocycles. The van der Waals surface area contributed by atoms with Crippen molar-refractivity contribution in [1.82, 2.24) is 14.9 Å². The van der Waals surface area contributed by atoms with Gasteiger partial charge in [0.25, 0.3) is 0 Å². The molecule has 1 fully saturated rings. The fourth-order valence-electron chi connectivity index (χ4n) is 2.52. The number of benzene rings is 1. The average molecular weight is 343 g/mol. The Morgan fingerprint density at radius 1 is 1.41 bits per heavy atom. The maximum absolute atomic E-state index is 12.0. The highest BCUT2D eigenvalue weighted by molar-refractivity contribution is 5.91. The third-order valence-electron chi connectivity index (χ3n) is 3.53. The molecule has 1 aromatic carbocycles. The molecule has 1 atom stereocenters. The van der Waals surface area contributed by atoms with Crippen molar-refractivity contribution in [3.8, 4) is 5.69 Å². The summed E-state index contributed by atoms with van der Waals surface area (Å²) in [6.07, 6.45) is 8.13. The number of amides is 1. The highest BCUT2D eigenvalue weighted by atomic mass is 35.5. The maximum atomic E-state index is 12.0. The van der Waals surface area contributed by atoms with E-state index in [2.05, 4.69) is 15.6 Å². The van der Waals surface area contributed by atoms with E-state index < -0.39 is 0 Å². The van der Waals surface area contributed by atoms with Gasteiger partial charge >= 0.3 is 0 Å². The maximum Gasteiger partial charge on any atom is 0.225 e. The smallest absolute Gasteiger partial charge is 0.225 e. The van der Waals surface area contributed by atoms with Crippen LogP contribution < -0.4 is 10.6 Å². The van der Waals surface area contributed by atoms with Crippen LogP contribution in [0.25, 0.3) is 5.69 Å². The van der Waals surface area contributed by atoms with E-state index in [9.17, 15) is 4.79 Å². The van der Waals surface area contributed by atoms with Crippen LogP contribution in [0.3, 0.4) is 0 Å². The van der Waals surface area contributed by atoms with Crippen molar-refractivity contribution >= 4 is 36.4 Å². The summed E-state index contributed by atoms with van der Waals surface area (Å²) in [5, 5.41) is 6.29. The molecular weight excluding hydrogens is 323 g/mol. The number of hydrogen-bond acceptors (Lipinski definition) is 3. The Labute approximate surface area is 142 Å². The van der Waals surface area contributed by atoms with Crippen LogP contribution in [0.2, 0.25) is 0 Å². The third kappa shape index (κ3) is 4.73. The molecule has 0 radical (unpaired) electrons. The van der Waals surface area contributed by atoms with E-state index in [4.69, 9.17) is 0 Å². The second kappa shape index (κ2) is 8.78. The van der Waals surface area contributed by atoms with Gasteiger partial charge in [-0.1, -0.05) is 6.07 Å². The molecule has 3 rings (SSSR count). The zero-order valence-electron chi connectivity index (χ0n) is 12.1. The van der Waals surface area contributed by atoms with Crippen molar-refractivity contribution in [3.05, 3.63) is 43.0 Å². The Hall–Kier alpha value is -1.56. The number of aromatic nitrogens is 2. The molecule has 5 nitrogen and oxygen atoms in total. The lowest BCUT2D eigenvalue weighted by molar-refractivity contribution is -0.116. The van der Waals surface area contributed by atoms with Gasteiger partial charge in [0.1, 0.15) is 0 Å². The van der Waals surface area contributed by atoms with Gasteiger partial charge in [0.15, 0.2) is 0 Å². The second-order valence-electron chi connectivity index (χ2n) is 5.07. The number of nitrogens with one attached hydrogen (secondary N) is 2. The van der Waals surface area contributed by atoms with Crippen molar-refractivity contribution < 1.29 is 4.79 Å². The van der Waals surface area contributed by atoms with Crippen molar-refractivity contribution in [2.75, 3.05) is 11.9 Å². The van der Waals surface area contributed by atoms with Gasteiger partial charge in [0.05, 0.1) is 6.33 Å². The standard InChI is InChI=1S/C15H18N4O.2ClH/c20-15(10-12-4-2-6-17-12)18-13-3-1-5-14(9-13)19-8-7-16-11-19;;/h1,3,5,7-9,11-12,17H,2,4,6,10H2,(H,18,20);2*1H. The minimum Gasteiger partial charge on any atom is -0.326 e. The van der Waals surface area contributed by atoms with E-state index in [0.29, 0.717) is 12.5 Å². The van der Waals surface area contributed by atoms with Gasteiger partial charge < -0.3 is 15.2 Å². The lowest BCUT2D eigenvalue weighted by Crippen LogP contribution is -2.27. The minimum absolute atomic E-state index is 0. The van der Waals surface area contributed by atoms with E-state index in [0.717, 1.165) is 30.8 Å². The number of carbonyl (C=O) groups is 1. The fourth-order valence-corrected chi connectivity index (χ4v) is 2.52. The Kier molecular flexibility index (Phi) is 7.38. The average Bonchev–Trinajstić information content (AvgIpc) is 3.11. The molecule has 1 aliphatic rings. The summed E-state index contributed by atoms with van der Waals surface area (Å²) < 4.78 is 1.91. The molecule has 0 saturated carbocycles. The number of rotatable bonds is 4. The van der Waals surface area contributed by atoms with Gasteiger partial charge in [-0.15, -0.1) is 24.8 Å². The topological polar surface area (TPSA) is 59.0 Å². The zero-order chi connectivity index (χ0) is 13.8. The summed E-state index contributed by atoms with van der Waals surface area (Å²) >= 11 is 0. The number of halogens is 2. The first kappa shape index (κ1) is 18.5. The van der Waals surface area contributed by atoms with E-state index in [1.165, 1.54) is 0 Å². The Morgan fingerprint density at radius 2 is 2.27 bits per heavy atom. The molecule has 2 heterocycles. The zero-order valence-corrected chi connectivity index (χ0v) is 13.7. The number of hydrogen-bond donors (Lipinski definition) is 2. The Morgan fingerprint density at radius 3 is 2.95 bits per heavy atom. The highest BCUT2D eigenvalue weighted by Gasteiger charge is 2.17. The Balaban J connectivity index is 0.00000121. The summed E-state index contributed by atoms with van der Waals surface area (Å²) in [5.74, 6) is 0.0622.